The molecule has 1 aromatic rings. The van der Waals surface area contributed by atoms with E-state index < -0.39 is 10.0 Å². The Labute approximate surface area is 120 Å². The third kappa shape index (κ3) is 5.60. The van der Waals surface area contributed by atoms with Gasteiger partial charge in [-0.2, -0.15) is 0 Å². The molecule has 0 radical (unpaired) electrons. The van der Waals surface area contributed by atoms with Gasteiger partial charge in [-0.15, -0.1) is 11.3 Å². The molecule has 19 heavy (non-hydrogen) atoms. The Morgan fingerprint density at radius 2 is 1.95 bits per heavy atom. The van der Waals surface area contributed by atoms with Gasteiger partial charge in [0.1, 0.15) is 4.21 Å². The largest absolute Gasteiger partial charge is 0.330 e. The van der Waals surface area contributed by atoms with Gasteiger partial charge in [0, 0.05) is 10.9 Å². The highest BCUT2D eigenvalue weighted by Crippen LogP contribution is 2.22. The molecule has 110 valence electrons. The lowest BCUT2D eigenvalue weighted by Crippen LogP contribution is -2.32. The molecule has 1 aromatic heterocycles. The quantitative estimate of drug-likeness (QED) is 0.774. The maximum Gasteiger partial charge on any atom is 0.250 e. The summed E-state index contributed by atoms with van der Waals surface area (Å²) in [4.78, 5) is 1.01. The SMILES string of the molecule is CC(C)CCC(C)NS(=O)(=O)c1ccc(CCN)s1. The van der Waals surface area contributed by atoms with Crippen LogP contribution in [0.25, 0.3) is 0 Å². The van der Waals surface area contributed by atoms with Crippen molar-refractivity contribution in [3.8, 4) is 0 Å². The molecule has 1 unspecified atom stereocenters. The second-order valence-corrected chi connectivity index (χ2v) is 8.36. The molecular formula is C13H24N2O2S2. The van der Waals surface area contributed by atoms with Crippen LogP contribution in [-0.4, -0.2) is 21.0 Å². The van der Waals surface area contributed by atoms with Crippen molar-refractivity contribution < 1.29 is 8.42 Å². The monoisotopic (exact) mass is 304 g/mol. The van der Waals surface area contributed by atoms with Gasteiger partial charge in [-0.1, -0.05) is 13.8 Å². The van der Waals surface area contributed by atoms with Crippen molar-refractivity contribution in [1.82, 2.24) is 4.72 Å². The summed E-state index contributed by atoms with van der Waals surface area (Å²) in [5.41, 5.74) is 5.47. The minimum absolute atomic E-state index is 0.0348. The molecule has 0 aliphatic carbocycles. The van der Waals surface area contributed by atoms with Gasteiger partial charge in [-0.05, 0) is 50.8 Å². The van der Waals surface area contributed by atoms with Crippen molar-refractivity contribution in [2.24, 2.45) is 11.7 Å². The van der Waals surface area contributed by atoms with Crippen LogP contribution in [-0.2, 0) is 16.4 Å². The van der Waals surface area contributed by atoms with E-state index in [2.05, 4.69) is 18.6 Å². The van der Waals surface area contributed by atoms with Crippen LogP contribution in [0.3, 0.4) is 0 Å². The average Bonchev–Trinajstić information content (AvgIpc) is 2.76. The lowest BCUT2D eigenvalue weighted by molar-refractivity contribution is 0.486. The summed E-state index contributed by atoms with van der Waals surface area (Å²) in [6.45, 7) is 6.73. The summed E-state index contributed by atoms with van der Waals surface area (Å²) in [5, 5.41) is 0. The van der Waals surface area contributed by atoms with Gasteiger partial charge in [0.2, 0.25) is 10.0 Å². The van der Waals surface area contributed by atoms with Gasteiger partial charge in [0.05, 0.1) is 0 Å². The van der Waals surface area contributed by atoms with E-state index in [-0.39, 0.29) is 6.04 Å². The number of sulfonamides is 1. The third-order valence-electron chi connectivity index (χ3n) is 2.83. The molecule has 6 heteroatoms. The van der Waals surface area contributed by atoms with Crippen LogP contribution in [0, 0.1) is 5.92 Å². The summed E-state index contributed by atoms with van der Waals surface area (Å²) >= 11 is 1.30. The molecule has 1 rings (SSSR count). The highest BCUT2D eigenvalue weighted by molar-refractivity contribution is 7.91. The van der Waals surface area contributed by atoms with Gasteiger partial charge in [0.25, 0.3) is 0 Å². The first-order valence-corrected chi connectivity index (χ1v) is 8.96. The predicted octanol–water partition coefficient (Wildman–Crippen LogP) is 2.35. The first-order valence-electron chi connectivity index (χ1n) is 6.66. The molecule has 3 N–H and O–H groups in total. The number of nitrogens with one attached hydrogen (secondary N) is 1. The van der Waals surface area contributed by atoms with Gasteiger partial charge in [-0.25, -0.2) is 13.1 Å². The molecule has 0 bridgehead atoms. The predicted molar refractivity (Wildman–Crippen MR) is 80.9 cm³/mol. The van der Waals surface area contributed by atoms with Crippen LogP contribution in [0.2, 0.25) is 0 Å². The summed E-state index contributed by atoms with van der Waals surface area (Å²) in [6.07, 6.45) is 2.60. The molecule has 0 aromatic carbocycles. The van der Waals surface area contributed by atoms with E-state index in [1.54, 1.807) is 6.07 Å². The van der Waals surface area contributed by atoms with Crippen molar-refractivity contribution in [2.45, 2.75) is 50.3 Å². The molecule has 0 fully saturated rings. The first kappa shape index (κ1) is 16.6. The lowest BCUT2D eigenvalue weighted by Gasteiger charge is -2.14. The van der Waals surface area contributed by atoms with Crippen LogP contribution in [0.15, 0.2) is 16.3 Å². The Morgan fingerprint density at radius 1 is 1.26 bits per heavy atom. The normalized spacial score (nSPS) is 13.9. The van der Waals surface area contributed by atoms with E-state index in [1.165, 1.54) is 11.3 Å². The van der Waals surface area contributed by atoms with Gasteiger partial charge in [-0.3, -0.25) is 0 Å². The topological polar surface area (TPSA) is 72.2 Å². The maximum absolute atomic E-state index is 12.2. The van der Waals surface area contributed by atoms with E-state index in [0.717, 1.165) is 24.1 Å². The Balaban J connectivity index is 2.64. The maximum atomic E-state index is 12.2. The lowest BCUT2D eigenvalue weighted by atomic mass is 10.1. The molecular weight excluding hydrogens is 280 g/mol. The van der Waals surface area contributed by atoms with Crippen molar-refractivity contribution >= 4 is 21.4 Å². The molecule has 0 amide bonds. The summed E-state index contributed by atoms with van der Waals surface area (Å²) < 4.78 is 27.5. The van der Waals surface area contributed by atoms with Crippen LogP contribution in [0.5, 0.6) is 0 Å². The Bertz CT molecular complexity index is 481. The van der Waals surface area contributed by atoms with Gasteiger partial charge in [0.15, 0.2) is 0 Å². The molecule has 0 saturated heterocycles. The second kappa shape index (κ2) is 7.38. The van der Waals surface area contributed by atoms with Gasteiger partial charge < -0.3 is 5.73 Å². The van der Waals surface area contributed by atoms with Crippen LogP contribution in [0.4, 0.5) is 0 Å². The number of rotatable bonds is 8. The van der Waals surface area contributed by atoms with E-state index in [4.69, 9.17) is 5.73 Å². The summed E-state index contributed by atoms with van der Waals surface area (Å²) in [5.74, 6) is 0.588. The van der Waals surface area contributed by atoms with E-state index in [9.17, 15) is 8.42 Å². The summed E-state index contributed by atoms with van der Waals surface area (Å²) in [7, 11) is -3.38. The molecule has 0 aliphatic heterocycles. The highest BCUT2D eigenvalue weighted by Gasteiger charge is 2.19. The standard InChI is InChI=1S/C13H24N2O2S2/c1-10(2)4-5-11(3)15-19(16,17)13-7-6-12(18-13)8-9-14/h6-7,10-11,15H,4-5,8-9,14H2,1-3H3. The minimum Gasteiger partial charge on any atom is -0.330 e. The van der Waals surface area contributed by atoms with Crippen LogP contribution < -0.4 is 10.5 Å². The zero-order valence-electron chi connectivity index (χ0n) is 11.8. The highest BCUT2D eigenvalue weighted by atomic mass is 32.2. The molecule has 0 aliphatic rings. The second-order valence-electron chi connectivity index (χ2n) is 5.25. The van der Waals surface area contributed by atoms with Crippen LogP contribution >= 0.6 is 11.3 Å². The minimum atomic E-state index is -3.38. The van der Waals surface area contributed by atoms with E-state index >= 15 is 0 Å². The smallest absolute Gasteiger partial charge is 0.250 e. The summed E-state index contributed by atoms with van der Waals surface area (Å²) in [6, 6.07) is 3.46. The Morgan fingerprint density at radius 3 is 2.53 bits per heavy atom. The Hall–Kier alpha value is -0.430. The van der Waals surface area contributed by atoms with Gasteiger partial charge >= 0.3 is 0 Å². The molecule has 4 nitrogen and oxygen atoms in total. The fourth-order valence-corrected chi connectivity index (χ4v) is 4.41. The molecule has 1 heterocycles. The fraction of sp³-hybridized carbons (Fsp3) is 0.692. The first-order chi connectivity index (χ1) is 8.85. The molecule has 0 spiro atoms. The third-order valence-corrected chi connectivity index (χ3v) is 6.05. The number of thiophene rings is 1. The average molecular weight is 304 g/mol. The molecule has 1 atom stereocenters. The number of hydrogen-bond donors (Lipinski definition) is 2. The van der Waals surface area contributed by atoms with Crippen molar-refractivity contribution in [1.29, 1.82) is 0 Å². The zero-order chi connectivity index (χ0) is 14.5. The number of nitrogens with two attached hydrogens (primary N) is 1. The number of hydrogen-bond acceptors (Lipinski definition) is 4. The molecule has 0 saturated carbocycles. The van der Waals surface area contributed by atoms with Crippen molar-refractivity contribution in [2.75, 3.05) is 6.54 Å². The van der Waals surface area contributed by atoms with Crippen molar-refractivity contribution in [3.05, 3.63) is 17.0 Å². The van der Waals surface area contributed by atoms with E-state index in [0.29, 0.717) is 16.7 Å². The van der Waals surface area contributed by atoms with E-state index in [1.807, 2.05) is 13.0 Å². The zero-order valence-corrected chi connectivity index (χ0v) is 13.5. The van der Waals surface area contributed by atoms with Crippen molar-refractivity contribution in [3.63, 3.8) is 0 Å². The van der Waals surface area contributed by atoms with Crippen LogP contribution in [0.1, 0.15) is 38.5 Å². The fourth-order valence-electron chi connectivity index (χ4n) is 1.74. The Kier molecular flexibility index (Phi) is 6.46.